The van der Waals surface area contributed by atoms with Gasteiger partial charge in [0.1, 0.15) is 6.54 Å². The van der Waals surface area contributed by atoms with Crippen molar-refractivity contribution in [2.45, 2.75) is 44.9 Å². The second-order valence-electron chi connectivity index (χ2n) is 11.3. The van der Waals surface area contributed by atoms with Crippen molar-refractivity contribution in [2.24, 2.45) is 11.1 Å². The number of anilines is 2. The van der Waals surface area contributed by atoms with E-state index < -0.39 is 11.9 Å². The largest absolute Gasteiger partial charge is 0.435 e. The van der Waals surface area contributed by atoms with Gasteiger partial charge < -0.3 is 21.3 Å². The van der Waals surface area contributed by atoms with E-state index in [2.05, 4.69) is 25.7 Å². The molecule has 4 heterocycles. The van der Waals surface area contributed by atoms with Crippen LogP contribution < -0.4 is 16.4 Å². The molecule has 1 saturated carbocycles. The molecule has 1 spiro atoms. The number of carbonyl (C=O) groups excluding carboxylic acids is 2. The van der Waals surface area contributed by atoms with Gasteiger partial charge in [0.05, 0.1) is 30.1 Å². The second kappa shape index (κ2) is 10.9. The number of hydrogen-bond donors (Lipinski definition) is 3. The Morgan fingerprint density at radius 1 is 1.23 bits per heavy atom. The first-order valence-corrected chi connectivity index (χ1v) is 14.1. The van der Waals surface area contributed by atoms with E-state index in [1.807, 2.05) is 6.92 Å². The number of nitrogens with two attached hydrogens (primary N) is 1. The van der Waals surface area contributed by atoms with Crippen molar-refractivity contribution in [1.82, 2.24) is 34.4 Å². The minimum absolute atomic E-state index is 0.0935. The summed E-state index contributed by atoms with van der Waals surface area (Å²) in [6, 6.07) is 7.11. The highest BCUT2D eigenvalue weighted by Crippen LogP contribution is 2.47. The minimum Gasteiger partial charge on any atom is -0.343 e. The number of nitrogens with zero attached hydrogens (tertiary/aromatic N) is 7. The van der Waals surface area contributed by atoms with Gasteiger partial charge >= 0.3 is 6.18 Å². The summed E-state index contributed by atoms with van der Waals surface area (Å²) in [7, 11) is 0. The lowest BCUT2D eigenvalue weighted by atomic mass is 9.61. The number of likely N-dealkylation sites (tertiary alicyclic amines) is 1. The summed E-state index contributed by atoms with van der Waals surface area (Å²) < 4.78 is 43.7. The smallest absolute Gasteiger partial charge is 0.343 e. The maximum Gasteiger partial charge on any atom is 0.435 e. The van der Waals surface area contributed by atoms with Gasteiger partial charge in [0.2, 0.25) is 5.91 Å². The fourth-order valence-electron chi connectivity index (χ4n) is 6.11. The zero-order chi connectivity index (χ0) is 31.2. The first-order valence-electron chi connectivity index (χ1n) is 14.1. The molecule has 6 rings (SSSR count). The third-order valence-corrected chi connectivity index (χ3v) is 8.16. The van der Waals surface area contributed by atoms with Crippen LogP contribution in [0.5, 0.6) is 0 Å². The Hall–Kier alpha value is -4.97. The minimum atomic E-state index is -4.74. The van der Waals surface area contributed by atoms with Gasteiger partial charge in [-0.2, -0.15) is 23.5 Å². The van der Waals surface area contributed by atoms with Gasteiger partial charge in [0, 0.05) is 54.4 Å². The van der Waals surface area contributed by atoms with E-state index in [4.69, 9.17) is 11.0 Å². The average Bonchev–Trinajstić information content (AvgIpc) is 3.58. The summed E-state index contributed by atoms with van der Waals surface area (Å²) in [5.41, 5.74) is 6.84. The van der Waals surface area contributed by atoms with Crippen molar-refractivity contribution in [1.29, 1.82) is 5.26 Å². The average molecular weight is 607 g/mol. The molecule has 0 bridgehead atoms. The fourth-order valence-corrected chi connectivity index (χ4v) is 6.11. The molecule has 12 nitrogen and oxygen atoms in total. The number of imidazole rings is 1. The van der Waals surface area contributed by atoms with Crippen LogP contribution in [0.1, 0.15) is 41.4 Å². The molecule has 4 aromatic rings. The molecular formula is C29H29F3N10O2. The third-order valence-electron chi connectivity index (χ3n) is 8.16. The van der Waals surface area contributed by atoms with Gasteiger partial charge in [0.25, 0.3) is 5.91 Å². The predicted molar refractivity (Wildman–Crippen MR) is 152 cm³/mol. The lowest BCUT2D eigenvalue weighted by molar-refractivity contribution is -0.149. The van der Waals surface area contributed by atoms with E-state index >= 15 is 0 Å². The van der Waals surface area contributed by atoms with E-state index in [0.29, 0.717) is 30.8 Å². The maximum atomic E-state index is 13.8. The lowest BCUT2D eigenvalue weighted by Crippen LogP contribution is -2.67. The van der Waals surface area contributed by atoms with Crippen LogP contribution in [0, 0.1) is 16.7 Å². The van der Waals surface area contributed by atoms with Crippen LogP contribution in [0.4, 0.5) is 24.7 Å². The van der Waals surface area contributed by atoms with Crippen LogP contribution >= 0.6 is 0 Å². The number of amides is 2. The Balaban J connectivity index is 1.17. The first kappa shape index (κ1) is 29.1. The van der Waals surface area contributed by atoms with E-state index in [1.54, 1.807) is 29.2 Å². The molecule has 1 aliphatic carbocycles. The molecule has 4 N–H and O–H groups in total. The zero-order valence-electron chi connectivity index (χ0n) is 23.7. The molecule has 228 valence electrons. The number of benzene rings is 1. The first-order chi connectivity index (χ1) is 21.0. The van der Waals surface area contributed by atoms with Gasteiger partial charge in [0.15, 0.2) is 17.2 Å². The Morgan fingerprint density at radius 2 is 2.00 bits per heavy atom. The molecule has 2 fully saturated rings. The van der Waals surface area contributed by atoms with Crippen LogP contribution in [0.2, 0.25) is 0 Å². The van der Waals surface area contributed by atoms with Crippen LogP contribution in [0.15, 0.2) is 43.0 Å². The summed E-state index contributed by atoms with van der Waals surface area (Å²) in [6.07, 6.45) is 3.01. The van der Waals surface area contributed by atoms with Gasteiger partial charge in [-0.3, -0.25) is 18.7 Å². The zero-order valence-corrected chi connectivity index (χ0v) is 23.7. The number of nitrogens with one attached hydrogen (secondary N) is 2. The Morgan fingerprint density at radius 3 is 2.68 bits per heavy atom. The second-order valence-corrected chi connectivity index (χ2v) is 11.3. The monoisotopic (exact) mass is 606 g/mol. The number of aromatic nitrogens is 5. The summed E-state index contributed by atoms with van der Waals surface area (Å²) in [5, 5.41) is 18.4. The molecule has 15 heteroatoms. The predicted octanol–water partition coefficient (Wildman–Crippen LogP) is 3.12. The topological polar surface area (TPSA) is 159 Å². The SMILES string of the molecule is CCc1cc(Nc2nccn3c(-c4cn(CC#N)nc4C(F)(F)F)cnc23)ccc1C(=O)NCC(=O)N1CC2(CC(N)C2)C1. The molecule has 1 aromatic carbocycles. The number of aryl methyl sites for hydroxylation is 1. The molecule has 0 atom stereocenters. The highest BCUT2D eigenvalue weighted by molar-refractivity contribution is 5.98. The highest BCUT2D eigenvalue weighted by atomic mass is 19.4. The highest BCUT2D eigenvalue weighted by Gasteiger charge is 2.52. The van der Waals surface area contributed by atoms with Crippen molar-refractivity contribution in [3.05, 3.63) is 59.8 Å². The number of hydrogen-bond acceptors (Lipinski definition) is 8. The standard InChI is InChI=1S/C29H29F3N10O2/c1-2-17-9-19(3-4-20(17)27(44)37-13-23(43)40-15-28(16-40)10-18(34)11-28)38-25-26-36-12-22(42(26)8-6-35-25)21-14-41(7-5-33)39-24(21)29(30,31)32/h3-4,6,8-9,12,14,18H,2,7,10-11,13,15-16,34H2,1H3,(H,35,38)(H,37,44). The van der Waals surface area contributed by atoms with Crippen LogP contribution in [0.3, 0.4) is 0 Å². The van der Waals surface area contributed by atoms with Crippen molar-refractivity contribution in [2.75, 3.05) is 25.0 Å². The van der Waals surface area contributed by atoms with Crippen molar-refractivity contribution < 1.29 is 22.8 Å². The van der Waals surface area contributed by atoms with Crippen molar-refractivity contribution in [3.8, 4) is 17.3 Å². The van der Waals surface area contributed by atoms with E-state index in [1.165, 1.54) is 23.0 Å². The number of nitriles is 1. The van der Waals surface area contributed by atoms with Crippen molar-refractivity contribution >= 4 is 29.0 Å². The van der Waals surface area contributed by atoms with E-state index in [0.717, 1.165) is 29.3 Å². The molecule has 1 aliphatic heterocycles. The van der Waals surface area contributed by atoms with Gasteiger partial charge in [-0.15, -0.1) is 0 Å². The quantitative estimate of drug-likeness (QED) is 0.276. The molecule has 0 unspecified atom stereocenters. The van der Waals surface area contributed by atoms with Crippen LogP contribution in [-0.4, -0.2) is 66.5 Å². The summed E-state index contributed by atoms with van der Waals surface area (Å²) in [5.74, 6) is -0.210. The molecule has 3 aromatic heterocycles. The molecule has 44 heavy (non-hydrogen) atoms. The molecule has 0 radical (unpaired) electrons. The number of alkyl halides is 3. The molecular weight excluding hydrogens is 577 g/mol. The van der Waals surface area contributed by atoms with Gasteiger partial charge in [-0.05, 0) is 43.0 Å². The maximum absolute atomic E-state index is 13.8. The molecule has 2 amide bonds. The van der Waals surface area contributed by atoms with E-state index in [9.17, 15) is 22.8 Å². The summed E-state index contributed by atoms with van der Waals surface area (Å²) in [4.78, 5) is 35.9. The number of halogens is 3. The Kier molecular flexibility index (Phi) is 7.24. The summed E-state index contributed by atoms with van der Waals surface area (Å²) >= 11 is 0. The lowest BCUT2D eigenvalue weighted by Gasteiger charge is -2.58. The fraction of sp³-hybridized carbons (Fsp3) is 0.379. The number of fused-ring (bicyclic) bond motifs is 1. The van der Waals surface area contributed by atoms with Crippen molar-refractivity contribution in [3.63, 3.8) is 0 Å². The third kappa shape index (κ3) is 5.32. The summed E-state index contributed by atoms with van der Waals surface area (Å²) in [6.45, 7) is 2.83. The Labute approximate surface area is 249 Å². The van der Waals surface area contributed by atoms with Crippen LogP contribution in [0.25, 0.3) is 16.9 Å². The Bertz CT molecular complexity index is 1790. The van der Waals surface area contributed by atoms with Crippen LogP contribution in [-0.2, 0) is 23.9 Å². The number of rotatable bonds is 8. The van der Waals surface area contributed by atoms with Gasteiger partial charge in [-0.25, -0.2) is 9.97 Å². The molecule has 2 aliphatic rings. The molecule has 1 saturated heterocycles. The number of carbonyl (C=O) groups is 2. The normalized spacial score (nSPS) is 16.0. The van der Waals surface area contributed by atoms with E-state index in [-0.39, 0.29) is 59.1 Å². The van der Waals surface area contributed by atoms with Gasteiger partial charge in [-0.1, -0.05) is 6.92 Å².